The van der Waals surface area contributed by atoms with Crippen LogP contribution in [0.15, 0.2) is 54.6 Å². The third-order valence-corrected chi connectivity index (χ3v) is 6.05. The molecule has 1 fully saturated rings. The molecule has 3 aromatic rings. The van der Waals surface area contributed by atoms with Crippen molar-refractivity contribution in [2.75, 3.05) is 12.8 Å². The number of aryl methyl sites for hydroxylation is 1. The highest BCUT2D eigenvalue weighted by molar-refractivity contribution is 7.88. The fourth-order valence-electron chi connectivity index (χ4n) is 4.00. The van der Waals surface area contributed by atoms with Gasteiger partial charge < -0.3 is 4.90 Å². The Morgan fingerprint density at radius 3 is 2.68 bits per heavy atom. The molecule has 9 heteroatoms. The Morgan fingerprint density at radius 1 is 1.19 bits per heavy atom. The minimum absolute atomic E-state index is 0.0777. The van der Waals surface area contributed by atoms with E-state index in [1.807, 2.05) is 61.5 Å². The zero-order chi connectivity index (χ0) is 22.0. The number of benzene rings is 2. The van der Waals surface area contributed by atoms with Gasteiger partial charge in [-0.1, -0.05) is 60.2 Å². The summed E-state index contributed by atoms with van der Waals surface area (Å²) >= 11 is 0. The van der Waals surface area contributed by atoms with Gasteiger partial charge in [0.15, 0.2) is 5.82 Å². The Balaban J connectivity index is 1.59. The second kappa shape index (κ2) is 8.60. The average molecular weight is 440 g/mol. The normalized spacial score (nSPS) is 19.0. The van der Waals surface area contributed by atoms with E-state index < -0.39 is 10.0 Å². The lowest BCUT2D eigenvalue weighted by Crippen LogP contribution is -2.38. The summed E-state index contributed by atoms with van der Waals surface area (Å²) in [6.45, 7) is 2.27. The van der Waals surface area contributed by atoms with Crippen LogP contribution in [0.4, 0.5) is 0 Å². The first-order valence-electron chi connectivity index (χ1n) is 10.1. The topological polar surface area (TPSA) is 108 Å². The fraction of sp³-hybridized carbons (Fsp3) is 0.318. The molecule has 1 aromatic heterocycles. The molecule has 2 N–H and O–H groups in total. The summed E-state index contributed by atoms with van der Waals surface area (Å²) in [5.74, 6) is 1.02. The Bertz CT molecular complexity index is 1180. The van der Waals surface area contributed by atoms with Crippen LogP contribution in [0.3, 0.4) is 0 Å². The van der Waals surface area contributed by atoms with Crippen LogP contribution in [-0.4, -0.2) is 53.2 Å². The molecule has 4 rings (SSSR count). The molecule has 162 valence electrons. The highest BCUT2D eigenvalue weighted by Gasteiger charge is 2.39. The number of hydrogen-bond donors (Lipinski definition) is 2. The maximum absolute atomic E-state index is 13.2. The molecule has 2 aromatic carbocycles. The van der Waals surface area contributed by atoms with Gasteiger partial charge in [-0.3, -0.25) is 9.89 Å². The first kappa shape index (κ1) is 21.2. The smallest absolute Gasteiger partial charge is 0.227 e. The summed E-state index contributed by atoms with van der Waals surface area (Å²) in [6.07, 6.45) is 1.79. The van der Waals surface area contributed by atoms with E-state index in [0.29, 0.717) is 18.1 Å². The Labute approximate surface area is 181 Å². The van der Waals surface area contributed by atoms with Crippen molar-refractivity contribution >= 4 is 15.9 Å². The molecule has 1 aliphatic heterocycles. The zero-order valence-corrected chi connectivity index (χ0v) is 18.3. The second-order valence-corrected chi connectivity index (χ2v) is 9.74. The summed E-state index contributed by atoms with van der Waals surface area (Å²) < 4.78 is 26.2. The number of rotatable bonds is 6. The van der Waals surface area contributed by atoms with Crippen molar-refractivity contribution in [3.05, 3.63) is 71.5 Å². The number of carbonyl (C=O) groups is 1. The number of H-pyrrole nitrogens is 1. The third kappa shape index (κ3) is 5.18. The van der Waals surface area contributed by atoms with E-state index in [9.17, 15) is 13.2 Å². The lowest BCUT2D eigenvalue weighted by atomic mass is 10.1. The number of aromatic nitrogens is 3. The largest absolute Gasteiger partial charge is 0.331 e. The van der Waals surface area contributed by atoms with Crippen LogP contribution >= 0.6 is 0 Å². The molecule has 0 bridgehead atoms. The Hall–Kier alpha value is -3.04. The standard InChI is InChI=1S/C22H25N5O3S/c1-15-7-6-8-16(11-15)12-20(28)27-14-18(26-31(2,29)30)13-19(27)22-23-21(24-25-22)17-9-4-3-5-10-17/h3-11,18-19,26H,12-14H2,1-2H3,(H,23,24,25). The summed E-state index contributed by atoms with van der Waals surface area (Å²) in [7, 11) is -3.40. The maximum atomic E-state index is 13.2. The molecule has 0 radical (unpaired) electrons. The van der Waals surface area contributed by atoms with Crippen molar-refractivity contribution in [2.24, 2.45) is 0 Å². The van der Waals surface area contributed by atoms with Crippen molar-refractivity contribution < 1.29 is 13.2 Å². The first-order valence-corrected chi connectivity index (χ1v) is 12.0. The molecule has 31 heavy (non-hydrogen) atoms. The van der Waals surface area contributed by atoms with Gasteiger partial charge in [-0.25, -0.2) is 18.1 Å². The molecule has 1 amide bonds. The number of likely N-dealkylation sites (tertiary alicyclic amines) is 1. The highest BCUT2D eigenvalue weighted by atomic mass is 32.2. The number of carbonyl (C=O) groups excluding carboxylic acids is 1. The van der Waals surface area contributed by atoms with Gasteiger partial charge in [0, 0.05) is 18.2 Å². The van der Waals surface area contributed by atoms with Crippen molar-refractivity contribution in [2.45, 2.75) is 31.8 Å². The molecule has 2 heterocycles. The van der Waals surface area contributed by atoms with Crippen molar-refractivity contribution in [3.8, 4) is 11.4 Å². The van der Waals surface area contributed by atoms with E-state index in [-0.39, 0.29) is 31.0 Å². The fourth-order valence-corrected chi connectivity index (χ4v) is 4.77. The van der Waals surface area contributed by atoms with Gasteiger partial charge in [0.1, 0.15) is 5.82 Å². The second-order valence-electron chi connectivity index (χ2n) is 7.96. The van der Waals surface area contributed by atoms with Crippen LogP contribution in [-0.2, 0) is 21.2 Å². The van der Waals surface area contributed by atoms with E-state index in [1.54, 1.807) is 4.90 Å². The molecule has 2 unspecified atom stereocenters. The number of sulfonamides is 1. The summed E-state index contributed by atoms with van der Waals surface area (Å²) in [6, 6.07) is 16.6. The highest BCUT2D eigenvalue weighted by Crippen LogP contribution is 2.32. The Morgan fingerprint density at radius 2 is 1.97 bits per heavy atom. The van der Waals surface area contributed by atoms with Crippen LogP contribution < -0.4 is 4.72 Å². The van der Waals surface area contributed by atoms with Crippen molar-refractivity contribution in [3.63, 3.8) is 0 Å². The number of amides is 1. The SMILES string of the molecule is Cc1cccc(CC(=O)N2CC(NS(C)(=O)=O)CC2c2nc(-c3ccccc3)n[nH]2)c1. The molecule has 0 aliphatic carbocycles. The molecule has 8 nitrogen and oxygen atoms in total. The molecular formula is C22H25N5O3S. The molecule has 0 spiro atoms. The van der Waals surface area contributed by atoms with Gasteiger partial charge >= 0.3 is 0 Å². The number of nitrogens with one attached hydrogen (secondary N) is 2. The first-order chi connectivity index (χ1) is 14.8. The number of nitrogens with zero attached hydrogens (tertiary/aromatic N) is 3. The molecule has 1 aliphatic rings. The average Bonchev–Trinajstić information content (AvgIpc) is 3.34. The van der Waals surface area contributed by atoms with Gasteiger partial charge in [-0.15, -0.1) is 0 Å². The monoisotopic (exact) mass is 439 g/mol. The zero-order valence-electron chi connectivity index (χ0n) is 17.4. The minimum atomic E-state index is -3.40. The predicted molar refractivity (Wildman–Crippen MR) is 118 cm³/mol. The maximum Gasteiger partial charge on any atom is 0.227 e. The van der Waals surface area contributed by atoms with Crippen LogP contribution in [0, 0.1) is 6.92 Å². The molecule has 1 saturated heterocycles. The van der Waals surface area contributed by atoms with Crippen LogP contribution in [0.5, 0.6) is 0 Å². The molecule has 2 atom stereocenters. The van der Waals surface area contributed by atoms with Crippen molar-refractivity contribution in [1.82, 2.24) is 24.8 Å². The minimum Gasteiger partial charge on any atom is -0.331 e. The lowest BCUT2D eigenvalue weighted by molar-refractivity contribution is -0.131. The number of hydrogen-bond acceptors (Lipinski definition) is 5. The van der Waals surface area contributed by atoms with E-state index in [1.165, 1.54) is 0 Å². The summed E-state index contributed by atoms with van der Waals surface area (Å²) in [5, 5.41) is 7.26. The lowest BCUT2D eigenvalue weighted by Gasteiger charge is -2.23. The third-order valence-electron chi connectivity index (χ3n) is 5.29. The molecular weight excluding hydrogens is 414 g/mol. The van der Waals surface area contributed by atoms with Gasteiger partial charge in [0.2, 0.25) is 15.9 Å². The van der Waals surface area contributed by atoms with E-state index >= 15 is 0 Å². The summed E-state index contributed by atoms with van der Waals surface area (Å²) in [4.78, 5) is 19.5. The van der Waals surface area contributed by atoms with E-state index in [4.69, 9.17) is 0 Å². The van der Waals surface area contributed by atoms with Gasteiger partial charge in [0.25, 0.3) is 0 Å². The van der Waals surface area contributed by atoms with Crippen molar-refractivity contribution in [1.29, 1.82) is 0 Å². The van der Waals surface area contributed by atoms with E-state index in [0.717, 1.165) is 22.9 Å². The molecule has 0 saturated carbocycles. The van der Waals surface area contributed by atoms with Crippen LogP contribution in [0.2, 0.25) is 0 Å². The van der Waals surface area contributed by atoms with Crippen LogP contribution in [0.25, 0.3) is 11.4 Å². The Kier molecular flexibility index (Phi) is 5.88. The summed E-state index contributed by atoms with van der Waals surface area (Å²) in [5.41, 5.74) is 2.87. The van der Waals surface area contributed by atoms with E-state index in [2.05, 4.69) is 19.9 Å². The predicted octanol–water partition coefficient (Wildman–Crippen LogP) is 2.21. The van der Waals surface area contributed by atoms with Gasteiger partial charge in [0.05, 0.1) is 18.7 Å². The quantitative estimate of drug-likeness (QED) is 0.612. The van der Waals surface area contributed by atoms with Gasteiger partial charge in [-0.05, 0) is 18.9 Å². The van der Waals surface area contributed by atoms with Crippen LogP contribution in [0.1, 0.15) is 29.4 Å². The van der Waals surface area contributed by atoms with Gasteiger partial charge in [-0.2, -0.15) is 5.10 Å². The number of aromatic amines is 1.